The second-order valence-corrected chi connectivity index (χ2v) is 6.59. The summed E-state index contributed by atoms with van der Waals surface area (Å²) in [4.78, 5) is 26.2. The number of alkyl halides is 3. The molecule has 148 valence electrons. The van der Waals surface area contributed by atoms with Gasteiger partial charge in [-0.1, -0.05) is 18.2 Å². The lowest BCUT2D eigenvalue weighted by Crippen LogP contribution is -2.28. The minimum Gasteiger partial charge on any atom is -0.497 e. The summed E-state index contributed by atoms with van der Waals surface area (Å²) in [5.74, 6) is -0.542. The number of nitrogens with one attached hydrogen (secondary N) is 1. The van der Waals surface area contributed by atoms with E-state index in [1.54, 1.807) is 24.1 Å². The molecule has 2 aromatic rings. The summed E-state index contributed by atoms with van der Waals surface area (Å²) in [5.41, 5.74) is 0.114. The summed E-state index contributed by atoms with van der Waals surface area (Å²) < 4.78 is 43.5. The summed E-state index contributed by atoms with van der Waals surface area (Å²) in [6, 6.07) is 11.7. The third-order valence-electron chi connectivity index (χ3n) is 4.58. The number of hydrogen-bond acceptors (Lipinski definition) is 3. The van der Waals surface area contributed by atoms with Crippen molar-refractivity contribution < 1.29 is 27.5 Å². The lowest BCUT2D eigenvalue weighted by atomic mass is 10.1. The van der Waals surface area contributed by atoms with Crippen LogP contribution in [0.1, 0.15) is 17.5 Å². The molecule has 0 aliphatic carbocycles. The largest absolute Gasteiger partial charge is 0.497 e. The number of ether oxygens (including phenoxy) is 1. The summed E-state index contributed by atoms with van der Waals surface area (Å²) >= 11 is 0. The molecule has 1 fully saturated rings. The number of halogens is 3. The van der Waals surface area contributed by atoms with Crippen molar-refractivity contribution in [3.63, 3.8) is 0 Å². The molecule has 1 aliphatic heterocycles. The van der Waals surface area contributed by atoms with Crippen LogP contribution in [0.5, 0.6) is 5.75 Å². The van der Waals surface area contributed by atoms with Gasteiger partial charge in [-0.05, 0) is 35.9 Å². The van der Waals surface area contributed by atoms with Crippen molar-refractivity contribution in [3.05, 3.63) is 59.7 Å². The van der Waals surface area contributed by atoms with Crippen LogP contribution in [0.3, 0.4) is 0 Å². The Hall–Kier alpha value is -3.03. The Kier molecular flexibility index (Phi) is 5.58. The topological polar surface area (TPSA) is 58.6 Å². The van der Waals surface area contributed by atoms with Crippen molar-refractivity contribution >= 4 is 17.5 Å². The fourth-order valence-electron chi connectivity index (χ4n) is 3.07. The summed E-state index contributed by atoms with van der Waals surface area (Å²) in [6.07, 6.45) is -4.46. The fourth-order valence-corrected chi connectivity index (χ4v) is 3.07. The first-order chi connectivity index (χ1) is 13.3. The average molecular weight is 392 g/mol. The molecular weight excluding hydrogens is 373 g/mol. The van der Waals surface area contributed by atoms with Crippen molar-refractivity contribution in [1.29, 1.82) is 0 Å². The van der Waals surface area contributed by atoms with Gasteiger partial charge in [0.15, 0.2) is 0 Å². The Labute approximate surface area is 160 Å². The number of carbonyl (C=O) groups is 2. The van der Waals surface area contributed by atoms with Crippen LogP contribution in [-0.2, 0) is 22.3 Å². The van der Waals surface area contributed by atoms with Crippen molar-refractivity contribution in [2.45, 2.75) is 19.1 Å². The lowest BCUT2D eigenvalue weighted by Gasteiger charge is -2.17. The number of carbonyl (C=O) groups excluding carboxylic acids is 2. The molecule has 1 unspecified atom stereocenters. The van der Waals surface area contributed by atoms with Crippen LogP contribution < -0.4 is 10.1 Å². The highest BCUT2D eigenvalue weighted by Crippen LogP contribution is 2.31. The molecule has 28 heavy (non-hydrogen) atoms. The molecule has 0 bridgehead atoms. The number of likely N-dealkylation sites (tertiary alicyclic amines) is 1. The molecule has 0 spiro atoms. The zero-order chi connectivity index (χ0) is 20.3. The monoisotopic (exact) mass is 392 g/mol. The molecule has 1 atom stereocenters. The third-order valence-corrected chi connectivity index (χ3v) is 4.58. The fraction of sp³-hybridized carbons (Fsp3) is 0.300. The highest BCUT2D eigenvalue weighted by Gasteiger charge is 2.35. The van der Waals surface area contributed by atoms with Gasteiger partial charge in [0.25, 0.3) is 0 Å². The van der Waals surface area contributed by atoms with Crippen molar-refractivity contribution in [2.75, 3.05) is 19.0 Å². The molecular formula is C20H19F3N2O3. The van der Waals surface area contributed by atoms with Gasteiger partial charge >= 0.3 is 6.18 Å². The first kappa shape index (κ1) is 19.7. The zero-order valence-corrected chi connectivity index (χ0v) is 15.1. The minimum absolute atomic E-state index is 0.0287. The van der Waals surface area contributed by atoms with Gasteiger partial charge in [0.2, 0.25) is 11.8 Å². The SMILES string of the molecule is COc1ccc(CN2CC(C(=O)Nc3cccc(C(F)(F)F)c3)CC2=O)cc1. The highest BCUT2D eigenvalue weighted by molar-refractivity contribution is 5.97. The summed E-state index contributed by atoms with van der Waals surface area (Å²) in [7, 11) is 1.56. The van der Waals surface area contributed by atoms with Gasteiger partial charge in [-0.3, -0.25) is 9.59 Å². The van der Waals surface area contributed by atoms with Gasteiger partial charge in [-0.2, -0.15) is 13.2 Å². The highest BCUT2D eigenvalue weighted by atomic mass is 19.4. The molecule has 0 radical (unpaired) electrons. The predicted octanol–water partition coefficient (Wildman–Crippen LogP) is 3.70. The quantitative estimate of drug-likeness (QED) is 0.844. The van der Waals surface area contributed by atoms with Gasteiger partial charge in [-0.25, -0.2) is 0 Å². The smallest absolute Gasteiger partial charge is 0.416 e. The number of benzene rings is 2. The van der Waals surface area contributed by atoms with E-state index < -0.39 is 23.6 Å². The Bertz CT molecular complexity index is 866. The predicted molar refractivity (Wildman–Crippen MR) is 96.6 cm³/mol. The zero-order valence-electron chi connectivity index (χ0n) is 15.1. The van der Waals surface area contributed by atoms with E-state index in [2.05, 4.69) is 5.32 Å². The van der Waals surface area contributed by atoms with Crippen molar-refractivity contribution in [1.82, 2.24) is 4.90 Å². The van der Waals surface area contributed by atoms with E-state index in [1.165, 1.54) is 12.1 Å². The van der Waals surface area contributed by atoms with Crippen LogP contribution in [0.4, 0.5) is 18.9 Å². The Balaban J connectivity index is 1.62. The first-order valence-electron chi connectivity index (χ1n) is 8.65. The van der Waals surface area contributed by atoms with Crippen LogP contribution in [0.25, 0.3) is 0 Å². The number of hydrogen-bond donors (Lipinski definition) is 1. The molecule has 1 saturated heterocycles. The second-order valence-electron chi connectivity index (χ2n) is 6.59. The maximum atomic E-state index is 12.8. The standard InChI is InChI=1S/C20H19F3N2O3/c1-28-17-7-5-13(6-8-17)11-25-12-14(9-18(25)26)19(27)24-16-4-2-3-15(10-16)20(21,22)23/h2-8,10,14H,9,11-12H2,1H3,(H,24,27). The van der Waals surface area contributed by atoms with E-state index in [9.17, 15) is 22.8 Å². The Morgan fingerprint density at radius 3 is 2.57 bits per heavy atom. The number of methoxy groups -OCH3 is 1. The van der Waals surface area contributed by atoms with Crippen LogP contribution in [0, 0.1) is 5.92 Å². The van der Waals surface area contributed by atoms with Crippen molar-refractivity contribution in [2.24, 2.45) is 5.92 Å². The van der Waals surface area contributed by atoms with Crippen LogP contribution in [-0.4, -0.2) is 30.4 Å². The van der Waals surface area contributed by atoms with Gasteiger partial charge in [0.1, 0.15) is 5.75 Å². The number of anilines is 1. The summed E-state index contributed by atoms with van der Waals surface area (Å²) in [6.45, 7) is 0.575. The number of nitrogens with zero attached hydrogens (tertiary/aromatic N) is 1. The molecule has 3 rings (SSSR count). The molecule has 2 aromatic carbocycles. The van der Waals surface area contributed by atoms with Gasteiger partial charge in [0.05, 0.1) is 18.6 Å². The Morgan fingerprint density at radius 2 is 1.93 bits per heavy atom. The lowest BCUT2D eigenvalue weighted by molar-refractivity contribution is -0.137. The first-order valence-corrected chi connectivity index (χ1v) is 8.65. The maximum Gasteiger partial charge on any atom is 0.416 e. The van der Waals surface area contributed by atoms with E-state index >= 15 is 0 Å². The normalized spacial score (nSPS) is 16.9. The number of amides is 2. The van der Waals surface area contributed by atoms with E-state index in [1.807, 2.05) is 12.1 Å². The van der Waals surface area contributed by atoms with Gasteiger partial charge < -0.3 is 15.0 Å². The third kappa shape index (κ3) is 4.62. The molecule has 2 amide bonds. The maximum absolute atomic E-state index is 12.8. The molecule has 1 aliphatic rings. The van der Waals surface area contributed by atoms with Gasteiger partial charge in [-0.15, -0.1) is 0 Å². The van der Waals surface area contributed by atoms with E-state index in [4.69, 9.17) is 4.74 Å². The van der Waals surface area contributed by atoms with Crippen molar-refractivity contribution in [3.8, 4) is 5.75 Å². The van der Waals surface area contributed by atoms with E-state index in [0.717, 1.165) is 17.7 Å². The second kappa shape index (κ2) is 7.92. The molecule has 1 heterocycles. The van der Waals surface area contributed by atoms with Gasteiger partial charge in [0, 0.05) is 25.2 Å². The van der Waals surface area contributed by atoms with E-state index in [-0.39, 0.29) is 24.6 Å². The minimum atomic E-state index is -4.49. The van der Waals surface area contributed by atoms with Crippen LogP contribution in [0.2, 0.25) is 0 Å². The molecule has 5 nitrogen and oxygen atoms in total. The molecule has 0 saturated carbocycles. The number of rotatable bonds is 5. The van der Waals surface area contributed by atoms with Crippen LogP contribution in [0.15, 0.2) is 48.5 Å². The average Bonchev–Trinajstić information content (AvgIpc) is 3.02. The molecule has 1 N–H and O–H groups in total. The summed E-state index contributed by atoms with van der Waals surface area (Å²) in [5, 5.41) is 2.48. The Morgan fingerprint density at radius 1 is 1.21 bits per heavy atom. The van der Waals surface area contributed by atoms with E-state index in [0.29, 0.717) is 12.3 Å². The van der Waals surface area contributed by atoms with Crippen LogP contribution >= 0.6 is 0 Å². The molecule has 0 aromatic heterocycles. The molecule has 8 heteroatoms.